The summed E-state index contributed by atoms with van der Waals surface area (Å²) in [6, 6.07) is 23.0. The Bertz CT molecular complexity index is 1440. The quantitative estimate of drug-likeness (QED) is 0.384. The molecule has 0 bridgehead atoms. The first-order valence-corrected chi connectivity index (χ1v) is 11.5. The highest BCUT2D eigenvalue weighted by Crippen LogP contribution is 2.17. The van der Waals surface area contributed by atoms with E-state index in [1.54, 1.807) is 36.5 Å². The van der Waals surface area contributed by atoms with Crippen molar-refractivity contribution in [3.8, 4) is 0 Å². The van der Waals surface area contributed by atoms with Gasteiger partial charge in [0.2, 0.25) is 0 Å². The van der Waals surface area contributed by atoms with E-state index in [1.807, 2.05) is 38.1 Å². The van der Waals surface area contributed by atoms with E-state index in [9.17, 15) is 18.8 Å². The minimum atomic E-state index is -0.459. The van der Waals surface area contributed by atoms with Crippen molar-refractivity contribution in [1.29, 1.82) is 0 Å². The molecule has 2 N–H and O–H groups in total. The normalized spacial score (nSPS) is 11.5. The predicted molar refractivity (Wildman–Crippen MR) is 138 cm³/mol. The zero-order chi connectivity index (χ0) is 25.7. The molecule has 1 heterocycles. The molecule has 2 amide bonds. The van der Waals surface area contributed by atoms with Gasteiger partial charge >= 0.3 is 0 Å². The van der Waals surface area contributed by atoms with Gasteiger partial charge in [-0.3, -0.25) is 14.4 Å². The summed E-state index contributed by atoms with van der Waals surface area (Å²) in [5.41, 5.74) is 3.51. The summed E-state index contributed by atoms with van der Waals surface area (Å²) in [4.78, 5) is 38.2. The maximum atomic E-state index is 13.1. The first-order valence-electron chi connectivity index (χ1n) is 11.5. The van der Waals surface area contributed by atoms with E-state index in [2.05, 4.69) is 10.6 Å². The van der Waals surface area contributed by atoms with Gasteiger partial charge in [-0.15, -0.1) is 0 Å². The largest absolute Gasteiger partial charge is 0.345 e. The number of amides is 2. The molecule has 0 aliphatic rings. The van der Waals surface area contributed by atoms with Gasteiger partial charge in [0.1, 0.15) is 11.4 Å². The van der Waals surface area contributed by atoms with Gasteiger partial charge < -0.3 is 15.2 Å². The molecule has 1 aromatic heterocycles. The van der Waals surface area contributed by atoms with Crippen molar-refractivity contribution >= 4 is 17.5 Å². The van der Waals surface area contributed by atoms with Gasteiger partial charge in [0.25, 0.3) is 17.4 Å². The molecule has 0 aliphatic heterocycles. The Labute approximate surface area is 208 Å². The van der Waals surface area contributed by atoms with E-state index in [4.69, 9.17) is 0 Å². The van der Waals surface area contributed by atoms with Crippen molar-refractivity contribution in [3.63, 3.8) is 0 Å². The zero-order valence-electron chi connectivity index (χ0n) is 20.0. The fraction of sp³-hybridized carbons (Fsp3) is 0.138. The number of benzene rings is 3. The van der Waals surface area contributed by atoms with Crippen LogP contribution in [-0.2, 0) is 6.54 Å². The van der Waals surface area contributed by atoms with Crippen LogP contribution in [0.3, 0.4) is 0 Å². The van der Waals surface area contributed by atoms with E-state index < -0.39 is 11.7 Å². The van der Waals surface area contributed by atoms with Gasteiger partial charge in [0.15, 0.2) is 0 Å². The third-order valence-electron chi connectivity index (χ3n) is 5.82. The van der Waals surface area contributed by atoms with Crippen LogP contribution in [0.2, 0.25) is 0 Å². The van der Waals surface area contributed by atoms with Crippen LogP contribution >= 0.6 is 0 Å². The molecule has 0 fully saturated rings. The van der Waals surface area contributed by atoms with Crippen LogP contribution in [-0.4, -0.2) is 16.4 Å². The van der Waals surface area contributed by atoms with Gasteiger partial charge in [0.05, 0.1) is 12.6 Å². The molecule has 3 aromatic carbocycles. The van der Waals surface area contributed by atoms with Crippen molar-refractivity contribution in [2.24, 2.45) is 0 Å². The summed E-state index contributed by atoms with van der Waals surface area (Å²) in [5.74, 6) is -1.22. The molecule has 0 aliphatic carbocycles. The number of hydrogen-bond donors (Lipinski definition) is 2. The minimum absolute atomic E-state index is 0.0696. The first kappa shape index (κ1) is 24.6. The van der Waals surface area contributed by atoms with Crippen molar-refractivity contribution in [3.05, 3.63) is 135 Å². The number of nitrogens with zero attached hydrogens (tertiary/aromatic N) is 1. The lowest BCUT2D eigenvalue weighted by atomic mass is 10.1. The van der Waals surface area contributed by atoms with Gasteiger partial charge in [-0.05, 0) is 73.5 Å². The van der Waals surface area contributed by atoms with Crippen LogP contribution in [0.5, 0.6) is 0 Å². The SMILES string of the molecule is Cc1cccc(Cn2cccc(C(=O)NC(C)c3ccc(NC(=O)c4ccc(F)cc4)cc3)c2=O)c1. The third-order valence-corrected chi connectivity index (χ3v) is 5.82. The summed E-state index contributed by atoms with van der Waals surface area (Å²) in [7, 11) is 0. The molecule has 7 heteroatoms. The smallest absolute Gasteiger partial charge is 0.263 e. The van der Waals surface area contributed by atoms with Crippen molar-refractivity contribution in [2.75, 3.05) is 5.32 Å². The van der Waals surface area contributed by atoms with E-state index in [0.717, 1.165) is 16.7 Å². The van der Waals surface area contributed by atoms with E-state index in [1.165, 1.54) is 34.9 Å². The number of carbonyl (C=O) groups is 2. The number of rotatable bonds is 7. The molecule has 0 spiro atoms. The summed E-state index contributed by atoms with van der Waals surface area (Å²) in [5, 5.41) is 5.62. The highest BCUT2D eigenvalue weighted by atomic mass is 19.1. The van der Waals surface area contributed by atoms with E-state index in [-0.39, 0.29) is 23.1 Å². The van der Waals surface area contributed by atoms with Gasteiger partial charge in [-0.1, -0.05) is 42.0 Å². The molecule has 1 unspecified atom stereocenters. The maximum absolute atomic E-state index is 13.1. The molecule has 1 atom stereocenters. The standard InChI is InChI=1S/C29H26FN3O3/c1-19-5-3-6-21(17-19)18-33-16-4-7-26(29(33)36)28(35)31-20(2)22-10-14-25(15-11-22)32-27(34)23-8-12-24(30)13-9-23/h3-17,20H,18H2,1-2H3,(H,31,35)(H,32,34). The Morgan fingerprint density at radius 3 is 2.33 bits per heavy atom. The van der Waals surface area contributed by atoms with Gasteiger partial charge in [-0.2, -0.15) is 0 Å². The molecular weight excluding hydrogens is 457 g/mol. The molecule has 4 rings (SSSR count). The predicted octanol–water partition coefficient (Wildman–Crippen LogP) is 5.09. The number of pyridine rings is 1. The summed E-state index contributed by atoms with van der Waals surface area (Å²) in [6.45, 7) is 4.18. The van der Waals surface area contributed by atoms with Gasteiger partial charge in [0, 0.05) is 17.4 Å². The minimum Gasteiger partial charge on any atom is -0.345 e. The van der Waals surface area contributed by atoms with Crippen molar-refractivity contribution in [2.45, 2.75) is 26.4 Å². The highest BCUT2D eigenvalue weighted by Gasteiger charge is 2.16. The van der Waals surface area contributed by atoms with Crippen molar-refractivity contribution < 1.29 is 14.0 Å². The molecule has 0 saturated heterocycles. The second-order valence-electron chi connectivity index (χ2n) is 8.62. The average molecular weight is 484 g/mol. The van der Waals surface area contributed by atoms with E-state index in [0.29, 0.717) is 17.8 Å². The average Bonchev–Trinajstić information content (AvgIpc) is 2.86. The fourth-order valence-electron chi connectivity index (χ4n) is 3.86. The second kappa shape index (κ2) is 10.8. The highest BCUT2D eigenvalue weighted by molar-refractivity contribution is 6.04. The molecule has 182 valence electrons. The Hall–Kier alpha value is -4.52. The summed E-state index contributed by atoms with van der Waals surface area (Å²) in [6.07, 6.45) is 1.67. The molecule has 0 radical (unpaired) electrons. The lowest BCUT2D eigenvalue weighted by Gasteiger charge is -2.16. The number of aryl methyl sites for hydroxylation is 1. The number of aromatic nitrogens is 1. The second-order valence-corrected chi connectivity index (χ2v) is 8.62. The maximum Gasteiger partial charge on any atom is 0.263 e. The van der Waals surface area contributed by atoms with Crippen LogP contribution in [0, 0.1) is 12.7 Å². The lowest BCUT2D eigenvalue weighted by Crippen LogP contribution is -2.34. The first-order chi connectivity index (χ1) is 17.3. The van der Waals surface area contributed by atoms with E-state index >= 15 is 0 Å². The Morgan fingerprint density at radius 1 is 0.917 bits per heavy atom. The third kappa shape index (κ3) is 5.93. The van der Waals surface area contributed by atoms with Crippen molar-refractivity contribution in [1.82, 2.24) is 9.88 Å². The van der Waals surface area contributed by atoms with Gasteiger partial charge in [-0.25, -0.2) is 4.39 Å². The van der Waals surface area contributed by atoms with Crippen LogP contribution < -0.4 is 16.2 Å². The molecular formula is C29H26FN3O3. The summed E-state index contributed by atoms with van der Waals surface area (Å²) < 4.78 is 14.6. The molecule has 36 heavy (non-hydrogen) atoms. The monoisotopic (exact) mass is 483 g/mol. The van der Waals surface area contributed by atoms with Crippen LogP contribution in [0.25, 0.3) is 0 Å². The number of nitrogens with one attached hydrogen (secondary N) is 2. The fourth-order valence-corrected chi connectivity index (χ4v) is 3.86. The summed E-state index contributed by atoms with van der Waals surface area (Å²) >= 11 is 0. The molecule has 0 saturated carbocycles. The molecule has 6 nitrogen and oxygen atoms in total. The van der Waals surface area contributed by atoms with Crippen LogP contribution in [0.15, 0.2) is 95.9 Å². The number of carbonyl (C=O) groups excluding carboxylic acids is 2. The number of halogens is 1. The Morgan fingerprint density at radius 2 is 1.64 bits per heavy atom. The molecule has 4 aromatic rings. The topological polar surface area (TPSA) is 80.2 Å². The van der Waals surface area contributed by atoms with Crippen LogP contribution in [0.1, 0.15) is 50.4 Å². The number of anilines is 1. The Balaban J connectivity index is 1.41. The number of hydrogen-bond acceptors (Lipinski definition) is 3. The zero-order valence-corrected chi connectivity index (χ0v) is 20.0. The Kier molecular flexibility index (Phi) is 7.39. The lowest BCUT2D eigenvalue weighted by molar-refractivity contribution is 0.0937. The van der Waals surface area contributed by atoms with Crippen LogP contribution in [0.4, 0.5) is 10.1 Å².